The van der Waals surface area contributed by atoms with Gasteiger partial charge in [0.15, 0.2) is 0 Å². The Morgan fingerprint density at radius 1 is 1.65 bits per heavy atom. The van der Waals surface area contributed by atoms with E-state index in [1.54, 1.807) is 26.0 Å². The van der Waals surface area contributed by atoms with Crippen LogP contribution in [0.2, 0.25) is 0 Å². The highest BCUT2D eigenvalue weighted by Gasteiger charge is 2.16. The number of nitrogens with zero attached hydrogens (tertiary/aromatic N) is 4. The van der Waals surface area contributed by atoms with Crippen LogP contribution in [0.25, 0.3) is 0 Å². The topological polar surface area (TPSA) is 92.8 Å². The molecule has 17 heavy (non-hydrogen) atoms. The first-order valence-electron chi connectivity index (χ1n) is 4.72. The number of rotatable bonds is 4. The van der Waals surface area contributed by atoms with Crippen LogP contribution in [0, 0.1) is 10.1 Å². The Morgan fingerprint density at radius 2 is 2.29 bits per heavy atom. The van der Waals surface area contributed by atoms with Crippen molar-refractivity contribution in [3.05, 3.63) is 28.1 Å². The van der Waals surface area contributed by atoms with Crippen molar-refractivity contribution >= 4 is 17.9 Å². The number of carbonyl (C=O) groups excluding carboxylic acids is 1. The van der Waals surface area contributed by atoms with Gasteiger partial charge in [0.05, 0.1) is 11.1 Å². The van der Waals surface area contributed by atoms with Crippen LogP contribution in [0.1, 0.15) is 10.5 Å². The largest absolute Gasteiger partial charge is 0.367 e. The molecule has 0 saturated heterocycles. The van der Waals surface area contributed by atoms with Crippen molar-refractivity contribution in [2.45, 2.75) is 0 Å². The molecule has 0 aliphatic heterocycles. The summed E-state index contributed by atoms with van der Waals surface area (Å²) in [6.45, 7) is 0. The molecule has 0 spiro atoms. The van der Waals surface area contributed by atoms with Crippen molar-refractivity contribution in [2.24, 2.45) is 12.1 Å². The van der Waals surface area contributed by atoms with Crippen LogP contribution in [0.5, 0.6) is 0 Å². The summed E-state index contributed by atoms with van der Waals surface area (Å²) >= 11 is 0. The molecule has 1 aromatic rings. The minimum absolute atomic E-state index is 0.130. The normalized spacial score (nSPS) is 10.5. The molecule has 0 aliphatic rings. The molecule has 0 atom stereocenters. The molecule has 1 N–H and O–H groups in total. The molecule has 0 aliphatic carbocycles. The van der Waals surface area contributed by atoms with E-state index in [1.807, 2.05) is 0 Å². The first-order chi connectivity index (χ1) is 7.91. The summed E-state index contributed by atoms with van der Waals surface area (Å²) in [5, 5.41) is 14.2. The Kier molecular flexibility index (Phi) is 3.81. The van der Waals surface area contributed by atoms with Gasteiger partial charge in [-0.1, -0.05) is 0 Å². The summed E-state index contributed by atoms with van der Waals surface area (Å²) in [7, 11) is 5.06. The summed E-state index contributed by atoms with van der Waals surface area (Å²) in [5.74, 6) is -0.501. The van der Waals surface area contributed by atoms with Gasteiger partial charge in [0.1, 0.15) is 12.0 Å². The smallest absolute Gasteiger partial charge is 0.288 e. The summed E-state index contributed by atoms with van der Waals surface area (Å²) in [4.78, 5) is 23.2. The summed E-state index contributed by atoms with van der Waals surface area (Å²) in [6, 6.07) is 1.19. The quantitative estimate of drug-likeness (QED) is 0.351. The van der Waals surface area contributed by atoms with E-state index in [2.05, 4.69) is 10.5 Å². The molecular weight excluding hydrogens is 226 g/mol. The monoisotopic (exact) mass is 239 g/mol. The van der Waals surface area contributed by atoms with E-state index >= 15 is 0 Å². The van der Waals surface area contributed by atoms with Crippen LogP contribution in [-0.4, -0.2) is 40.7 Å². The Hall–Kier alpha value is -2.38. The molecule has 0 unspecified atom stereocenters. The predicted octanol–water partition coefficient (Wildman–Crippen LogP) is 0.168. The molecule has 0 bridgehead atoms. The Bertz CT molecular complexity index is 463. The van der Waals surface area contributed by atoms with E-state index in [1.165, 1.54) is 23.2 Å². The maximum Gasteiger partial charge on any atom is 0.288 e. The number of hydrazone groups is 1. The number of aryl methyl sites for hydroxylation is 1. The van der Waals surface area contributed by atoms with Gasteiger partial charge in [-0.25, -0.2) is 5.43 Å². The fourth-order valence-electron chi connectivity index (χ4n) is 1.13. The first-order valence-corrected chi connectivity index (χ1v) is 4.72. The van der Waals surface area contributed by atoms with Crippen molar-refractivity contribution < 1.29 is 9.72 Å². The average molecular weight is 239 g/mol. The van der Waals surface area contributed by atoms with Gasteiger partial charge in [-0.15, -0.1) is 0 Å². The summed E-state index contributed by atoms with van der Waals surface area (Å²) in [5.41, 5.74) is 2.31. The van der Waals surface area contributed by atoms with Crippen LogP contribution < -0.4 is 5.43 Å². The SMILES string of the molecule is CN(C)/C=N/NC(=O)c1cc([N+](=O)[O-])cn1C. The first kappa shape index (κ1) is 12.7. The lowest BCUT2D eigenvalue weighted by molar-refractivity contribution is -0.384. The predicted molar refractivity (Wildman–Crippen MR) is 61.7 cm³/mol. The van der Waals surface area contributed by atoms with Gasteiger partial charge >= 0.3 is 0 Å². The third kappa shape index (κ3) is 3.30. The van der Waals surface area contributed by atoms with E-state index in [0.29, 0.717) is 0 Å². The Balaban J connectivity index is 2.79. The number of aromatic nitrogens is 1. The number of nitro groups is 1. The minimum Gasteiger partial charge on any atom is -0.367 e. The second-order valence-electron chi connectivity index (χ2n) is 3.60. The van der Waals surface area contributed by atoms with Gasteiger partial charge in [-0.3, -0.25) is 14.9 Å². The highest BCUT2D eigenvalue weighted by atomic mass is 16.6. The number of nitrogens with one attached hydrogen (secondary N) is 1. The van der Waals surface area contributed by atoms with Gasteiger partial charge in [0.25, 0.3) is 11.6 Å². The Morgan fingerprint density at radius 3 is 2.76 bits per heavy atom. The zero-order valence-corrected chi connectivity index (χ0v) is 9.75. The molecule has 0 fully saturated rings. The number of hydrogen-bond acceptors (Lipinski definition) is 4. The maximum absolute atomic E-state index is 11.6. The molecule has 1 aromatic heterocycles. The van der Waals surface area contributed by atoms with Crippen molar-refractivity contribution in [3.63, 3.8) is 0 Å². The van der Waals surface area contributed by atoms with E-state index in [-0.39, 0.29) is 11.4 Å². The van der Waals surface area contributed by atoms with Gasteiger partial charge < -0.3 is 9.47 Å². The van der Waals surface area contributed by atoms with E-state index in [4.69, 9.17) is 0 Å². The lowest BCUT2D eigenvalue weighted by Gasteiger charge is -2.03. The fraction of sp³-hybridized carbons (Fsp3) is 0.333. The van der Waals surface area contributed by atoms with Gasteiger partial charge in [0.2, 0.25) is 0 Å². The van der Waals surface area contributed by atoms with Crippen molar-refractivity contribution in [3.8, 4) is 0 Å². The van der Waals surface area contributed by atoms with Crippen molar-refractivity contribution in [1.29, 1.82) is 0 Å². The maximum atomic E-state index is 11.6. The van der Waals surface area contributed by atoms with Crippen LogP contribution >= 0.6 is 0 Å². The van der Waals surface area contributed by atoms with Crippen LogP contribution in [0.3, 0.4) is 0 Å². The lowest BCUT2D eigenvalue weighted by Crippen LogP contribution is -2.22. The zero-order chi connectivity index (χ0) is 13.0. The lowest BCUT2D eigenvalue weighted by atomic mass is 10.4. The highest BCUT2D eigenvalue weighted by molar-refractivity contribution is 5.93. The zero-order valence-electron chi connectivity index (χ0n) is 9.75. The number of hydrogen-bond donors (Lipinski definition) is 1. The summed E-state index contributed by atoms with van der Waals surface area (Å²) < 4.78 is 1.37. The second kappa shape index (κ2) is 5.10. The van der Waals surface area contributed by atoms with Gasteiger partial charge in [0, 0.05) is 27.2 Å². The highest BCUT2D eigenvalue weighted by Crippen LogP contribution is 2.14. The van der Waals surface area contributed by atoms with Crippen molar-refractivity contribution in [1.82, 2.24) is 14.9 Å². The molecule has 1 amide bonds. The van der Waals surface area contributed by atoms with Crippen molar-refractivity contribution in [2.75, 3.05) is 14.1 Å². The van der Waals surface area contributed by atoms with E-state index in [0.717, 1.165) is 0 Å². The molecule has 1 heterocycles. The van der Waals surface area contributed by atoms with Crippen LogP contribution in [0.15, 0.2) is 17.4 Å². The average Bonchev–Trinajstić information content (AvgIpc) is 2.59. The molecule has 0 aromatic carbocycles. The molecular formula is C9H13N5O3. The molecule has 1 rings (SSSR count). The van der Waals surface area contributed by atoms with E-state index in [9.17, 15) is 14.9 Å². The molecule has 0 saturated carbocycles. The molecule has 8 nitrogen and oxygen atoms in total. The molecule has 8 heteroatoms. The van der Waals surface area contributed by atoms with Gasteiger partial charge in [-0.05, 0) is 0 Å². The third-order valence-electron chi connectivity index (χ3n) is 1.89. The fourth-order valence-corrected chi connectivity index (χ4v) is 1.13. The summed E-state index contributed by atoms with van der Waals surface area (Å²) in [6.07, 6.45) is 2.68. The second-order valence-corrected chi connectivity index (χ2v) is 3.60. The Labute approximate surface area is 97.7 Å². The van der Waals surface area contributed by atoms with E-state index < -0.39 is 10.8 Å². The van der Waals surface area contributed by atoms with Crippen LogP contribution in [-0.2, 0) is 7.05 Å². The molecule has 0 radical (unpaired) electrons. The van der Waals surface area contributed by atoms with Gasteiger partial charge in [-0.2, -0.15) is 5.10 Å². The number of amides is 1. The van der Waals surface area contributed by atoms with Crippen LogP contribution in [0.4, 0.5) is 5.69 Å². The molecule has 92 valence electrons. The number of carbonyl (C=O) groups is 1. The third-order valence-corrected chi connectivity index (χ3v) is 1.89. The standard InChI is InChI=1S/C9H13N5O3/c1-12(2)6-10-11-9(15)8-4-7(14(16)17)5-13(8)3/h4-6H,1-3H3,(H,11,15)/b10-6+. The minimum atomic E-state index is -0.556.